The molecule has 0 atom stereocenters. The molecule has 1 aliphatic carbocycles. The highest BCUT2D eigenvalue weighted by atomic mass is 32.1. The van der Waals surface area contributed by atoms with Gasteiger partial charge in [-0.2, -0.15) is 0 Å². The van der Waals surface area contributed by atoms with Gasteiger partial charge < -0.3 is 19.9 Å². The second-order valence-electron chi connectivity index (χ2n) is 15.0. The number of hydrogen-bond donors (Lipinski definition) is 2. The lowest BCUT2D eigenvalue weighted by molar-refractivity contribution is -0.143. The van der Waals surface area contributed by atoms with Crippen LogP contribution in [0, 0.1) is 18.8 Å². The Kier molecular flexibility index (Phi) is 10.8. The molecule has 0 unspecified atom stereocenters. The number of likely N-dealkylation sites (N-methyl/N-ethyl adjacent to an activating group) is 1. The van der Waals surface area contributed by atoms with Crippen LogP contribution in [0.4, 0.5) is 5.69 Å². The second-order valence-corrected chi connectivity index (χ2v) is 16.1. The first-order chi connectivity index (χ1) is 25.5. The Morgan fingerprint density at radius 1 is 0.962 bits per heavy atom. The van der Waals surface area contributed by atoms with E-state index in [1.807, 2.05) is 40.6 Å². The van der Waals surface area contributed by atoms with E-state index in [2.05, 4.69) is 55.3 Å². The van der Waals surface area contributed by atoms with Crippen LogP contribution in [0.15, 0.2) is 36.4 Å². The van der Waals surface area contributed by atoms with Gasteiger partial charge in [0.2, 0.25) is 5.91 Å². The summed E-state index contributed by atoms with van der Waals surface area (Å²) < 4.78 is 1.95. The number of imidazole rings is 1. The van der Waals surface area contributed by atoms with Crippen LogP contribution in [0.3, 0.4) is 0 Å². The summed E-state index contributed by atoms with van der Waals surface area (Å²) in [5.41, 5.74) is 9.31. The first-order valence-corrected chi connectivity index (χ1v) is 19.8. The van der Waals surface area contributed by atoms with E-state index in [0.717, 1.165) is 119 Å². The third-order valence-electron chi connectivity index (χ3n) is 11.6. The molecule has 2 N–H and O–H groups in total. The third-order valence-corrected chi connectivity index (χ3v) is 12.7. The molecule has 0 radical (unpaired) electrons. The van der Waals surface area contributed by atoms with Crippen molar-refractivity contribution in [1.82, 2.24) is 29.2 Å². The number of thiazole rings is 1. The molecule has 1 fully saturated rings. The summed E-state index contributed by atoms with van der Waals surface area (Å²) in [5.74, 6) is -0.0273. The molecule has 3 aliphatic rings. The number of aliphatic carboxylic acids is 1. The Balaban J connectivity index is 1.05. The van der Waals surface area contributed by atoms with E-state index in [1.165, 1.54) is 0 Å². The molecular weight excluding hydrogens is 687 g/mol. The highest BCUT2D eigenvalue weighted by molar-refractivity contribution is 7.15. The summed E-state index contributed by atoms with van der Waals surface area (Å²) in [6.45, 7) is 11.3. The maximum absolute atomic E-state index is 13.9. The van der Waals surface area contributed by atoms with Crippen molar-refractivity contribution in [3.8, 4) is 21.7 Å². The number of nitrogens with zero attached hydrogens (tertiary/aromatic N) is 6. The molecule has 11 nitrogen and oxygen atoms in total. The fourth-order valence-electron chi connectivity index (χ4n) is 8.35. The lowest BCUT2D eigenvalue weighted by Gasteiger charge is -2.33. The van der Waals surface area contributed by atoms with Gasteiger partial charge in [-0.3, -0.25) is 24.2 Å². The normalized spacial score (nSPS) is 18.6. The van der Waals surface area contributed by atoms with Crippen molar-refractivity contribution in [1.29, 1.82) is 0 Å². The van der Waals surface area contributed by atoms with Crippen molar-refractivity contribution in [3.63, 3.8) is 0 Å². The predicted molar refractivity (Wildman–Crippen MR) is 208 cm³/mol. The fraction of sp³-hybridized carbons (Fsp3) is 0.488. The van der Waals surface area contributed by atoms with Gasteiger partial charge in [0.05, 0.1) is 36.9 Å². The standard InChI is InChI=1S/C41H51N7O4S/c1-6-28-31(29-10-8-11-30(25(29)3)40-44-34-22-48(23-36(34)53-40)37(49)24-45(4)7-2)12-9-13-32(28)43-39(50)38-42-33-21-47(19-18-35(33)46(38)5)20-26-14-16-27(17-15-26)41(51)52/h8-13,26-27H,6-7,14-24H2,1-5H3,(H,43,50)(H,51,52). The van der Waals surface area contributed by atoms with Crippen molar-refractivity contribution in [3.05, 3.63) is 75.3 Å². The zero-order chi connectivity index (χ0) is 37.4. The van der Waals surface area contributed by atoms with Crippen molar-refractivity contribution in [2.75, 3.05) is 38.5 Å². The molecule has 7 rings (SSSR count). The van der Waals surface area contributed by atoms with Gasteiger partial charge in [-0.15, -0.1) is 11.3 Å². The van der Waals surface area contributed by atoms with Gasteiger partial charge in [-0.1, -0.05) is 44.2 Å². The molecule has 2 aromatic heterocycles. The maximum Gasteiger partial charge on any atom is 0.306 e. The predicted octanol–water partition coefficient (Wildman–Crippen LogP) is 6.38. The fourth-order valence-corrected chi connectivity index (χ4v) is 9.52. The number of hydrogen-bond acceptors (Lipinski definition) is 8. The van der Waals surface area contributed by atoms with Crippen molar-refractivity contribution >= 4 is 34.8 Å². The van der Waals surface area contributed by atoms with Crippen LogP contribution in [0.5, 0.6) is 0 Å². The topological polar surface area (TPSA) is 124 Å². The van der Waals surface area contributed by atoms with E-state index in [0.29, 0.717) is 37.9 Å². The number of amides is 2. The number of benzene rings is 2. The SMILES string of the molecule is CCc1c(NC(=O)c2nc3c(n2C)CCN(CC2CCC(C(=O)O)CC2)C3)cccc1-c1cccc(-c2nc3c(s2)CN(C(=O)CN(C)CC)C3)c1C. The van der Waals surface area contributed by atoms with Crippen molar-refractivity contribution in [2.45, 2.75) is 78.9 Å². The summed E-state index contributed by atoms with van der Waals surface area (Å²) in [4.78, 5) is 55.4. The van der Waals surface area contributed by atoms with Crippen molar-refractivity contribution < 1.29 is 19.5 Å². The van der Waals surface area contributed by atoms with Crippen LogP contribution in [0.25, 0.3) is 21.7 Å². The number of fused-ring (bicyclic) bond motifs is 2. The Bertz CT molecular complexity index is 2000. The summed E-state index contributed by atoms with van der Waals surface area (Å²) in [5, 5.41) is 13.6. The van der Waals surface area contributed by atoms with Gasteiger partial charge in [0.15, 0.2) is 5.82 Å². The van der Waals surface area contributed by atoms with Crippen LogP contribution in [-0.2, 0) is 49.1 Å². The summed E-state index contributed by atoms with van der Waals surface area (Å²) in [6.07, 6.45) is 4.98. The van der Waals surface area contributed by atoms with Gasteiger partial charge >= 0.3 is 5.97 Å². The largest absolute Gasteiger partial charge is 0.481 e. The number of aromatic nitrogens is 3. The third kappa shape index (κ3) is 7.54. The molecule has 2 aliphatic heterocycles. The van der Waals surface area contributed by atoms with E-state index >= 15 is 0 Å². The number of anilines is 1. The van der Waals surface area contributed by atoms with Crippen LogP contribution >= 0.6 is 11.3 Å². The smallest absolute Gasteiger partial charge is 0.306 e. The molecule has 2 aromatic carbocycles. The Morgan fingerprint density at radius 3 is 2.42 bits per heavy atom. The Labute approximate surface area is 316 Å². The Hall–Kier alpha value is -4.39. The molecule has 4 aromatic rings. The minimum absolute atomic E-state index is 0.136. The quantitative estimate of drug-likeness (QED) is 0.182. The summed E-state index contributed by atoms with van der Waals surface area (Å²) in [6, 6.07) is 12.4. The molecule has 0 saturated heterocycles. The average Bonchev–Trinajstić information content (AvgIpc) is 3.83. The zero-order valence-corrected chi connectivity index (χ0v) is 32.4. The second kappa shape index (κ2) is 15.5. The molecule has 53 heavy (non-hydrogen) atoms. The number of carbonyl (C=O) groups is 3. The minimum atomic E-state index is -0.665. The van der Waals surface area contributed by atoms with E-state index < -0.39 is 5.97 Å². The van der Waals surface area contributed by atoms with Gasteiger partial charge in [-0.25, -0.2) is 9.97 Å². The van der Waals surface area contributed by atoms with Crippen LogP contribution in [0.1, 0.15) is 83.2 Å². The van der Waals surface area contributed by atoms with Crippen LogP contribution < -0.4 is 5.32 Å². The van der Waals surface area contributed by atoms with Crippen LogP contribution in [0.2, 0.25) is 0 Å². The number of nitrogens with one attached hydrogen (secondary N) is 1. The van der Waals surface area contributed by atoms with Gasteiger partial charge in [0.1, 0.15) is 5.01 Å². The summed E-state index contributed by atoms with van der Waals surface area (Å²) >= 11 is 1.67. The highest BCUT2D eigenvalue weighted by Crippen LogP contribution is 2.40. The Morgan fingerprint density at radius 2 is 1.70 bits per heavy atom. The maximum atomic E-state index is 13.9. The number of carbonyl (C=O) groups excluding carboxylic acids is 2. The molecule has 1 saturated carbocycles. The van der Waals surface area contributed by atoms with E-state index in [-0.39, 0.29) is 17.7 Å². The molecular formula is C41H51N7O4S. The minimum Gasteiger partial charge on any atom is -0.481 e. The van der Waals surface area contributed by atoms with E-state index in [9.17, 15) is 19.5 Å². The summed E-state index contributed by atoms with van der Waals surface area (Å²) in [7, 11) is 3.90. The van der Waals surface area contributed by atoms with Gasteiger partial charge in [0, 0.05) is 54.9 Å². The molecule has 280 valence electrons. The number of carboxylic acid groups (broad SMARTS) is 1. The molecule has 2 amide bonds. The first-order valence-electron chi connectivity index (χ1n) is 19.0. The highest BCUT2D eigenvalue weighted by Gasteiger charge is 2.31. The molecule has 4 heterocycles. The molecule has 0 bridgehead atoms. The molecule has 12 heteroatoms. The monoisotopic (exact) mass is 737 g/mol. The van der Waals surface area contributed by atoms with Crippen LogP contribution in [-0.4, -0.2) is 85.4 Å². The lowest BCUT2D eigenvalue weighted by Crippen LogP contribution is -2.36. The first kappa shape index (κ1) is 36.9. The number of carboxylic acids is 1. The van der Waals surface area contributed by atoms with Gasteiger partial charge in [0.25, 0.3) is 5.91 Å². The van der Waals surface area contributed by atoms with E-state index in [1.54, 1.807) is 11.3 Å². The van der Waals surface area contributed by atoms with Gasteiger partial charge in [-0.05, 0) is 86.9 Å². The molecule has 0 spiro atoms. The zero-order valence-electron chi connectivity index (χ0n) is 31.6. The van der Waals surface area contributed by atoms with Crippen molar-refractivity contribution in [2.24, 2.45) is 18.9 Å². The van der Waals surface area contributed by atoms with E-state index in [4.69, 9.17) is 9.97 Å². The number of rotatable bonds is 11. The average molecular weight is 738 g/mol. The lowest BCUT2D eigenvalue weighted by atomic mass is 9.81.